The first-order valence-corrected chi connectivity index (χ1v) is 13.0. The number of hydrogen-bond acceptors (Lipinski definition) is 9. The van der Waals surface area contributed by atoms with Crippen molar-refractivity contribution in [2.75, 3.05) is 21.1 Å². The van der Waals surface area contributed by atoms with Gasteiger partial charge in [0.25, 0.3) is 5.91 Å². The topological polar surface area (TPSA) is 165 Å². The quantitative estimate of drug-likeness (QED) is 0.356. The number of hydrogen-bond donors (Lipinski definition) is 5. The number of ketones is 2. The van der Waals surface area contributed by atoms with Crippen LogP contribution < -0.4 is 5.73 Å². The van der Waals surface area contributed by atoms with Crippen LogP contribution in [-0.4, -0.2) is 86.5 Å². The van der Waals surface area contributed by atoms with Gasteiger partial charge in [-0.05, 0) is 76.9 Å². The number of primary amides is 1. The number of halogens is 1. The summed E-state index contributed by atoms with van der Waals surface area (Å²) in [6, 6.07) is 0.686. The number of rotatable bonds is 3. The van der Waals surface area contributed by atoms with Crippen molar-refractivity contribution in [3.8, 4) is 5.75 Å². The van der Waals surface area contributed by atoms with Crippen molar-refractivity contribution in [3.05, 3.63) is 44.7 Å². The number of aliphatic hydroxyl groups is 3. The first-order chi connectivity index (χ1) is 17.7. The molecule has 4 aliphatic rings. The number of carbonyl (C=O) groups is 3. The van der Waals surface area contributed by atoms with Crippen LogP contribution in [0.15, 0.2) is 23.0 Å². The molecule has 11 heteroatoms. The van der Waals surface area contributed by atoms with Crippen molar-refractivity contribution in [2.24, 2.45) is 17.6 Å². The molecule has 1 aliphatic heterocycles. The molecule has 10 nitrogen and oxygen atoms in total. The average Bonchev–Trinajstić information content (AvgIpc) is 3.16. The number of benzene rings is 1. The van der Waals surface area contributed by atoms with Crippen molar-refractivity contribution >= 4 is 34.8 Å². The number of phenolic OH excluding ortho intramolecular Hbond substituents is 1. The Balaban J connectivity index is 1.69. The zero-order chi connectivity index (χ0) is 28.0. The molecule has 2 unspecified atom stereocenters. The van der Waals surface area contributed by atoms with Gasteiger partial charge in [-0.2, -0.15) is 0 Å². The molecule has 6 N–H and O–H groups in total. The van der Waals surface area contributed by atoms with Crippen molar-refractivity contribution in [1.29, 1.82) is 0 Å². The smallest absolute Gasteiger partial charge is 0.255 e. The summed E-state index contributed by atoms with van der Waals surface area (Å²) in [5.74, 6) is -6.78. The normalized spacial score (nSPS) is 33.5. The van der Waals surface area contributed by atoms with Crippen molar-refractivity contribution in [2.45, 2.75) is 56.3 Å². The fourth-order valence-corrected chi connectivity index (χ4v) is 7.39. The maximum Gasteiger partial charge on any atom is 0.255 e. The summed E-state index contributed by atoms with van der Waals surface area (Å²) >= 11 is 6.90. The Kier molecular flexibility index (Phi) is 6.18. The van der Waals surface area contributed by atoms with Crippen molar-refractivity contribution in [1.82, 2.24) is 9.80 Å². The molecule has 1 amide bonds. The number of Topliss-reactive ketones (excluding diaryl/α,β-unsaturated/α-hetero) is 2. The third-order valence-electron chi connectivity index (χ3n) is 9.09. The van der Waals surface area contributed by atoms with E-state index in [0.717, 1.165) is 18.4 Å². The lowest BCUT2D eigenvalue weighted by Crippen LogP contribution is -2.65. The highest BCUT2D eigenvalue weighted by Gasteiger charge is 2.64. The van der Waals surface area contributed by atoms with E-state index >= 15 is 0 Å². The molecule has 1 heterocycles. The van der Waals surface area contributed by atoms with Gasteiger partial charge in [0.15, 0.2) is 11.4 Å². The van der Waals surface area contributed by atoms with E-state index in [4.69, 9.17) is 17.3 Å². The van der Waals surface area contributed by atoms with Gasteiger partial charge in [-0.25, -0.2) is 0 Å². The van der Waals surface area contributed by atoms with Crippen LogP contribution in [0.2, 0.25) is 5.02 Å². The number of nitrogens with zero attached hydrogens (tertiary/aromatic N) is 2. The lowest BCUT2D eigenvalue weighted by Gasteiger charge is -2.50. The number of likely N-dealkylation sites (tertiary alicyclic amines) is 1. The lowest BCUT2D eigenvalue weighted by atomic mass is 9.57. The average molecular weight is 546 g/mol. The van der Waals surface area contributed by atoms with E-state index in [1.807, 2.05) is 7.05 Å². The largest absolute Gasteiger partial charge is 0.508 e. The SMILES string of the molecule is CC1CCC(c2cc(O)c3c(c2Cl)C[C@H]2C[C@H]4[C@H](N(C)C)C(=O)C(C(N)=O)=C(O)[C@@]4(O)C(=O)C2=C3O)N1C. The minimum atomic E-state index is -2.66. The summed E-state index contributed by atoms with van der Waals surface area (Å²) in [7, 11) is 5.12. The van der Waals surface area contributed by atoms with Crippen LogP contribution in [0.4, 0.5) is 0 Å². The van der Waals surface area contributed by atoms with Gasteiger partial charge in [0, 0.05) is 28.6 Å². The summed E-state index contributed by atoms with van der Waals surface area (Å²) in [6.45, 7) is 2.11. The molecule has 2 fully saturated rings. The number of carbonyl (C=O) groups excluding carboxylic acids is 3. The van der Waals surface area contributed by atoms with E-state index in [2.05, 4.69) is 11.8 Å². The predicted octanol–water partition coefficient (Wildman–Crippen LogP) is 1.77. The van der Waals surface area contributed by atoms with Gasteiger partial charge < -0.3 is 26.2 Å². The summed E-state index contributed by atoms with van der Waals surface area (Å²) < 4.78 is 0. The van der Waals surface area contributed by atoms with E-state index in [1.165, 1.54) is 11.0 Å². The molecule has 38 heavy (non-hydrogen) atoms. The van der Waals surface area contributed by atoms with Crippen molar-refractivity contribution < 1.29 is 34.8 Å². The standard InChI is InChI=1S/C27H32ClN3O7/c1-10-5-6-15(31(10)4)12-9-16(32)18-13(20(12)28)7-11-8-14-21(30(2)3)23(34)19(26(29)37)25(36)27(14,38)24(35)17(11)22(18)33/h9-11,14-15,21,32-33,36,38H,5-8H2,1-4H3,(H2,29,37)/t10?,11-,14-,15?,21-,27-/m0/s1. The summed E-state index contributed by atoms with van der Waals surface area (Å²) in [6.07, 6.45) is 2.00. The molecule has 204 valence electrons. The van der Waals surface area contributed by atoms with Gasteiger partial charge in [-0.3, -0.25) is 24.2 Å². The fourth-order valence-electron chi connectivity index (χ4n) is 7.04. The highest BCUT2D eigenvalue weighted by atomic mass is 35.5. The van der Waals surface area contributed by atoms with Crippen molar-refractivity contribution in [3.63, 3.8) is 0 Å². The van der Waals surface area contributed by atoms with Gasteiger partial charge in [-0.15, -0.1) is 0 Å². The third-order valence-corrected chi connectivity index (χ3v) is 9.53. The number of aliphatic hydroxyl groups excluding tert-OH is 2. The molecule has 1 saturated heterocycles. The van der Waals surface area contributed by atoms with Crippen LogP contribution in [0.3, 0.4) is 0 Å². The molecule has 5 rings (SSSR count). The van der Waals surface area contributed by atoms with E-state index in [-0.39, 0.29) is 35.8 Å². The molecule has 1 aromatic carbocycles. The number of likely N-dealkylation sites (N-methyl/N-ethyl adjacent to an activating group) is 1. The minimum Gasteiger partial charge on any atom is -0.508 e. The minimum absolute atomic E-state index is 0.00346. The van der Waals surface area contributed by atoms with E-state index in [0.29, 0.717) is 16.6 Å². The van der Waals surface area contributed by atoms with Crippen LogP contribution >= 0.6 is 11.6 Å². The lowest BCUT2D eigenvalue weighted by molar-refractivity contribution is -0.153. The maximum atomic E-state index is 13.9. The van der Waals surface area contributed by atoms with Gasteiger partial charge in [0.1, 0.15) is 22.8 Å². The Morgan fingerprint density at radius 3 is 2.42 bits per heavy atom. The van der Waals surface area contributed by atoms with Crippen LogP contribution in [0.1, 0.15) is 48.9 Å². The number of nitrogens with two attached hydrogens (primary N) is 1. The van der Waals surface area contributed by atoms with Crippen LogP contribution in [-0.2, 0) is 20.8 Å². The van der Waals surface area contributed by atoms with E-state index < -0.39 is 58.0 Å². The molecule has 1 aromatic rings. The second-order valence-electron chi connectivity index (χ2n) is 11.2. The van der Waals surface area contributed by atoms with Gasteiger partial charge in [0.2, 0.25) is 5.78 Å². The zero-order valence-corrected chi connectivity index (χ0v) is 22.4. The van der Waals surface area contributed by atoms with E-state index in [1.54, 1.807) is 14.1 Å². The molecule has 0 aromatic heterocycles. The monoisotopic (exact) mass is 545 g/mol. The fraction of sp³-hybridized carbons (Fsp3) is 0.519. The molecule has 0 spiro atoms. The van der Waals surface area contributed by atoms with Gasteiger partial charge in [-0.1, -0.05) is 11.6 Å². The summed E-state index contributed by atoms with van der Waals surface area (Å²) in [5, 5.41) is 45.3. The molecule has 3 aliphatic carbocycles. The van der Waals surface area contributed by atoms with Crippen LogP contribution in [0.25, 0.3) is 5.76 Å². The highest BCUT2D eigenvalue weighted by Crippen LogP contribution is 2.54. The molecule has 0 bridgehead atoms. The van der Waals surface area contributed by atoms with Crippen LogP contribution in [0, 0.1) is 11.8 Å². The number of amides is 1. The Hall–Kier alpha value is -2.92. The first kappa shape index (κ1) is 26.7. The Labute approximate surface area is 225 Å². The Morgan fingerprint density at radius 1 is 1.21 bits per heavy atom. The maximum absolute atomic E-state index is 13.9. The number of fused-ring (bicyclic) bond motifs is 3. The third kappa shape index (κ3) is 3.40. The Bertz CT molecular complexity index is 1350. The second-order valence-corrected chi connectivity index (χ2v) is 11.6. The van der Waals surface area contributed by atoms with E-state index in [9.17, 15) is 34.8 Å². The summed E-state index contributed by atoms with van der Waals surface area (Å²) in [5.41, 5.74) is 2.88. The predicted molar refractivity (Wildman–Crippen MR) is 138 cm³/mol. The Morgan fingerprint density at radius 2 is 1.87 bits per heavy atom. The second kappa shape index (κ2) is 8.81. The summed E-state index contributed by atoms with van der Waals surface area (Å²) in [4.78, 5) is 42.8. The van der Waals surface area contributed by atoms with Gasteiger partial charge in [0.05, 0.1) is 11.6 Å². The van der Waals surface area contributed by atoms with Gasteiger partial charge >= 0.3 is 0 Å². The molecule has 6 atom stereocenters. The molecular formula is C27H32ClN3O7. The number of aromatic hydroxyl groups is 1. The highest BCUT2D eigenvalue weighted by molar-refractivity contribution is 6.33. The number of phenols is 1. The van der Waals surface area contributed by atoms with Crippen LogP contribution in [0.5, 0.6) is 5.75 Å². The molecular weight excluding hydrogens is 514 g/mol. The molecule has 0 radical (unpaired) electrons. The molecule has 1 saturated carbocycles. The first-order valence-electron chi connectivity index (χ1n) is 12.6. The zero-order valence-electron chi connectivity index (χ0n) is 21.7.